The maximum atomic E-state index is 11.4. The van der Waals surface area contributed by atoms with Crippen molar-refractivity contribution in [3.05, 3.63) is 54.1 Å². The minimum Gasteiger partial charge on any atom is -0.497 e. The first-order chi connectivity index (χ1) is 11.1. The molecule has 5 heteroatoms. The van der Waals surface area contributed by atoms with Gasteiger partial charge in [0.15, 0.2) is 6.10 Å². The van der Waals surface area contributed by atoms with E-state index in [0.29, 0.717) is 18.1 Å². The summed E-state index contributed by atoms with van der Waals surface area (Å²) in [5, 5.41) is 9.36. The number of methoxy groups -OCH3 is 1. The summed E-state index contributed by atoms with van der Waals surface area (Å²) in [6.45, 7) is 2.51. The van der Waals surface area contributed by atoms with Crippen LogP contribution < -0.4 is 14.2 Å². The van der Waals surface area contributed by atoms with Gasteiger partial charge in [0.25, 0.3) is 0 Å². The molecule has 0 bridgehead atoms. The van der Waals surface area contributed by atoms with Crippen molar-refractivity contribution < 1.29 is 24.1 Å². The second-order valence-electron chi connectivity index (χ2n) is 4.90. The molecule has 2 aromatic rings. The Kier molecular flexibility index (Phi) is 5.86. The van der Waals surface area contributed by atoms with Gasteiger partial charge in [-0.2, -0.15) is 0 Å². The molecule has 0 aromatic heterocycles. The number of ether oxygens (including phenoxy) is 3. The molecule has 1 N–H and O–H groups in total. The van der Waals surface area contributed by atoms with Crippen LogP contribution in [0.25, 0.3) is 0 Å². The number of hydrogen-bond donors (Lipinski definition) is 1. The normalized spacial score (nSPS) is 11.6. The largest absolute Gasteiger partial charge is 0.497 e. The Morgan fingerprint density at radius 3 is 2.09 bits per heavy atom. The molecule has 23 heavy (non-hydrogen) atoms. The molecule has 0 aliphatic carbocycles. The highest BCUT2D eigenvalue weighted by atomic mass is 16.5. The molecule has 2 aromatic carbocycles. The van der Waals surface area contributed by atoms with Gasteiger partial charge in [-0.05, 0) is 48.9 Å². The monoisotopic (exact) mass is 316 g/mol. The lowest BCUT2D eigenvalue weighted by Gasteiger charge is -2.16. The molecular weight excluding hydrogens is 296 g/mol. The van der Waals surface area contributed by atoms with Crippen molar-refractivity contribution in [2.24, 2.45) is 0 Å². The molecule has 0 saturated carbocycles. The fourth-order valence-corrected chi connectivity index (χ4v) is 2.10. The topological polar surface area (TPSA) is 65.0 Å². The molecule has 0 aliphatic rings. The molecule has 2 rings (SSSR count). The average molecular weight is 316 g/mol. The number of benzene rings is 2. The number of carboxylic acids is 1. The first-order valence-electron chi connectivity index (χ1n) is 7.37. The molecule has 122 valence electrons. The fourth-order valence-electron chi connectivity index (χ4n) is 2.10. The predicted molar refractivity (Wildman–Crippen MR) is 86.4 cm³/mol. The van der Waals surface area contributed by atoms with Gasteiger partial charge in [0.2, 0.25) is 0 Å². The number of aliphatic carboxylic acids is 1. The maximum absolute atomic E-state index is 11.4. The minimum atomic E-state index is -1.00. The van der Waals surface area contributed by atoms with Crippen molar-refractivity contribution in [3.63, 3.8) is 0 Å². The van der Waals surface area contributed by atoms with Gasteiger partial charge in [-0.15, -0.1) is 0 Å². The lowest BCUT2D eigenvalue weighted by molar-refractivity contribution is -0.145. The molecule has 1 atom stereocenters. The molecule has 0 radical (unpaired) electrons. The van der Waals surface area contributed by atoms with Gasteiger partial charge in [0, 0.05) is 6.42 Å². The van der Waals surface area contributed by atoms with E-state index in [1.165, 1.54) is 0 Å². The first kappa shape index (κ1) is 16.7. The van der Waals surface area contributed by atoms with E-state index in [2.05, 4.69) is 0 Å². The second-order valence-corrected chi connectivity index (χ2v) is 4.90. The molecule has 0 amide bonds. The summed E-state index contributed by atoms with van der Waals surface area (Å²) in [6.07, 6.45) is -0.685. The Bertz CT molecular complexity index is 619. The SMILES string of the molecule is CCOc1ccc(C[C@@H](Oc2ccc(OC)cc2)C(=O)O)cc1. The van der Waals surface area contributed by atoms with Crippen LogP contribution in [0.4, 0.5) is 0 Å². The zero-order valence-electron chi connectivity index (χ0n) is 13.2. The molecule has 0 heterocycles. The van der Waals surface area contributed by atoms with Crippen LogP contribution in [0.5, 0.6) is 17.2 Å². The Morgan fingerprint density at radius 2 is 1.57 bits per heavy atom. The molecule has 0 unspecified atom stereocenters. The van der Waals surface area contributed by atoms with Crippen molar-refractivity contribution in [2.45, 2.75) is 19.4 Å². The smallest absolute Gasteiger partial charge is 0.345 e. The summed E-state index contributed by atoms with van der Waals surface area (Å²) in [6, 6.07) is 14.2. The Balaban J connectivity index is 2.04. The van der Waals surface area contributed by atoms with E-state index in [-0.39, 0.29) is 6.42 Å². The molecule has 0 aliphatic heterocycles. The van der Waals surface area contributed by atoms with Crippen molar-refractivity contribution >= 4 is 5.97 Å². The third kappa shape index (κ3) is 4.92. The lowest BCUT2D eigenvalue weighted by atomic mass is 10.1. The first-order valence-corrected chi connectivity index (χ1v) is 7.37. The van der Waals surface area contributed by atoms with E-state index in [1.807, 2.05) is 31.2 Å². The Hall–Kier alpha value is -2.69. The standard InChI is InChI=1S/C18H20O5/c1-3-22-15-6-4-13(5-7-15)12-17(18(19)20)23-16-10-8-14(21-2)9-11-16/h4-11,17H,3,12H2,1-2H3,(H,19,20)/t17-/m1/s1. The number of rotatable bonds is 8. The van der Waals surface area contributed by atoms with Crippen molar-refractivity contribution in [1.29, 1.82) is 0 Å². The summed E-state index contributed by atoms with van der Waals surface area (Å²) >= 11 is 0. The van der Waals surface area contributed by atoms with Crippen molar-refractivity contribution in [1.82, 2.24) is 0 Å². The Labute approximate surface area is 135 Å². The van der Waals surface area contributed by atoms with Gasteiger partial charge in [-0.25, -0.2) is 4.79 Å². The van der Waals surface area contributed by atoms with Gasteiger partial charge in [-0.1, -0.05) is 12.1 Å². The van der Waals surface area contributed by atoms with Gasteiger partial charge in [0.1, 0.15) is 17.2 Å². The van der Waals surface area contributed by atoms with E-state index in [4.69, 9.17) is 14.2 Å². The summed E-state index contributed by atoms with van der Waals surface area (Å²) in [4.78, 5) is 11.4. The summed E-state index contributed by atoms with van der Waals surface area (Å²) < 4.78 is 16.0. The molecular formula is C18H20O5. The summed E-state index contributed by atoms with van der Waals surface area (Å²) in [5.41, 5.74) is 0.870. The summed E-state index contributed by atoms with van der Waals surface area (Å²) in [7, 11) is 1.57. The van der Waals surface area contributed by atoms with Gasteiger partial charge >= 0.3 is 5.97 Å². The van der Waals surface area contributed by atoms with Crippen LogP contribution >= 0.6 is 0 Å². The highest BCUT2D eigenvalue weighted by Gasteiger charge is 2.20. The van der Waals surface area contributed by atoms with Crippen LogP contribution in [-0.2, 0) is 11.2 Å². The number of carbonyl (C=O) groups is 1. The molecule has 5 nitrogen and oxygen atoms in total. The predicted octanol–water partition coefficient (Wildman–Crippen LogP) is 3.17. The van der Waals surface area contributed by atoms with Gasteiger partial charge in [0.05, 0.1) is 13.7 Å². The zero-order valence-corrected chi connectivity index (χ0v) is 13.2. The van der Waals surface area contributed by atoms with Crippen LogP contribution in [0, 0.1) is 0 Å². The fraction of sp³-hybridized carbons (Fsp3) is 0.278. The molecule has 0 spiro atoms. The van der Waals surface area contributed by atoms with E-state index in [9.17, 15) is 9.90 Å². The maximum Gasteiger partial charge on any atom is 0.345 e. The van der Waals surface area contributed by atoms with E-state index < -0.39 is 12.1 Å². The third-order valence-corrected chi connectivity index (χ3v) is 3.27. The van der Waals surface area contributed by atoms with E-state index >= 15 is 0 Å². The number of carboxylic acid groups (broad SMARTS) is 1. The Morgan fingerprint density at radius 1 is 1.00 bits per heavy atom. The number of hydrogen-bond acceptors (Lipinski definition) is 4. The average Bonchev–Trinajstić information content (AvgIpc) is 2.57. The van der Waals surface area contributed by atoms with Crippen molar-refractivity contribution in [3.8, 4) is 17.2 Å². The molecule has 0 fully saturated rings. The van der Waals surface area contributed by atoms with Crippen LogP contribution in [0.1, 0.15) is 12.5 Å². The lowest BCUT2D eigenvalue weighted by Crippen LogP contribution is -2.29. The highest BCUT2D eigenvalue weighted by Crippen LogP contribution is 2.20. The second kappa shape index (κ2) is 8.08. The van der Waals surface area contributed by atoms with Gasteiger partial charge < -0.3 is 19.3 Å². The van der Waals surface area contributed by atoms with E-state index in [0.717, 1.165) is 11.3 Å². The van der Waals surface area contributed by atoms with Crippen LogP contribution in [0.3, 0.4) is 0 Å². The summed E-state index contributed by atoms with van der Waals surface area (Å²) in [5.74, 6) is 0.939. The van der Waals surface area contributed by atoms with Gasteiger partial charge in [-0.3, -0.25) is 0 Å². The highest BCUT2D eigenvalue weighted by molar-refractivity contribution is 5.73. The molecule has 0 saturated heterocycles. The van der Waals surface area contributed by atoms with E-state index in [1.54, 1.807) is 31.4 Å². The van der Waals surface area contributed by atoms with Crippen molar-refractivity contribution in [2.75, 3.05) is 13.7 Å². The van der Waals surface area contributed by atoms with Crippen LogP contribution in [0.15, 0.2) is 48.5 Å². The van der Waals surface area contributed by atoms with Crippen LogP contribution in [-0.4, -0.2) is 30.9 Å². The third-order valence-electron chi connectivity index (χ3n) is 3.27. The quantitative estimate of drug-likeness (QED) is 0.810. The van der Waals surface area contributed by atoms with Crippen LogP contribution in [0.2, 0.25) is 0 Å². The minimum absolute atomic E-state index is 0.272. The zero-order chi connectivity index (χ0) is 16.7.